The predicted molar refractivity (Wildman–Crippen MR) is 83.2 cm³/mol. The van der Waals surface area contributed by atoms with Crippen molar-refractivity contribution in [1.29, 1.82) is 0 Å². The van der Waals surface area contributed by atoms with Crippen LogP contribution in [0.5, 0.6) is 0 Å². The van der Waals surface area contributed by atoms with Crippen LogP contribution in [0.4, 0.5) is 5.69 Å². The van der Waals surface area contributed by atoms with Crippen molar-refractivity contribution in [3.05, 3.63) is 50.6 Å². The maximum atomic E-state index is 5.89. The Morgan fingerprint density at radius 2 is 2.17 bits per heavy atom. The number of anilines is 1. The monoisotopic (exact) mass is 324 g/mol. The Bertz CT molecular complexity index is 509. The topological polar surface area (TPSA) is 29.3 Å². The molecule has 0 radical (unpaired) electrons. The summed E-state index contributed by atoms with van der Waals surface area (Å²) in [5.74, 6) is 0. The molecule has 18 heavy (non-hydrogen) atoms. The minimum absolute atomic E-state index is 0.0675. The molecule has 2 nitrogen and oxygen atoms in total. The normalized spacial score (nSPS) is 12.4. The van der Waals surface area contributed by atoms with Crippen LogP contribution in [-0.2, 0) is 6.54 Å². The molecule has 0 fully saturated rings. The largest absolute Gasteiger partial charge is 0.369 e. The molecule has 0 aliphatic rings. The Hall–Kier alpha value is -0.840. The number of thiophene rings is 1. The van der Waals surface area contributed by atoms with Crippen LogP contribution < -0.4 is 10.6 Å². The summed E-state index contributed by atoms with van der Waals surface area (Å²) in [6.45, 7) is 2.92. The SMILES string of the molecule is C[C@H](N)c1ccc(N(C)Cc2cccs2)c(Br)c1. The van der Waals surface area contributed by atoms with Gasteiger partial charge < -0.3 is 10.6 Å². The first-order valence-electron chi connectivity index (χ1n) is 5.86. The lowest BCUT2D eigenvalue weighted by Gasteiger charge is -2.21. The minimum atomic E-state index is 0.0675. The van der Waals surface area contributed by atoms with Crippen LogP contribution in [0.3, 0.4) is 0 Å². The van der Waals surface area contributed by atoms with Gasteiger partial charge in [-0.25, -0.2) is 0 Å². The van der Waals surface area contributed by atoms with Gasteiger partial charge >= 0.3 is 0 Å². The standard InChI is InChI=1S/C14H17BrN2S/c1-10(16)11-5-6-14(13(15)8-11)17(2)9-12-4-3-7-18-12/h3-8,10H,9,16H2,1-2H3/t10-/m0/s1. The van der Waals surface area contributed by atoms with Gasteiger partial charge in [0.2, 0.25) is 0 Å². The summed E-state index contributed by atoms with van der Waals surface area (Å²) < 4.78 is 1.09. The average Bonchev–Trinajstić information content (AvgIpc) is 2.81. The van der Waals surface area contributed by atoms with Gasteiger partial charge in [0.15, 0.2) is 0 Å². The van der Waals surface area contributed by atoms with Crippen LogP contribution in [0, 0.1) is 0 Å². The van der Waals surface area contributed by atoms with Crippen molar-refractivity contribution in [3.63, 3.8) is 0 Å². The van der Waals surface area contributed by atoms with Crippen LogP contribution in [0.2, 0.25) is 0 Å². The third kappa shape index (κ3) is 3.13. The van der Waals surface area contributed by atoms with E-state index in [2.05, 4.69) is 63.6 Å². The van der Waals surface area contributed by atoms with Crippen LogP contribution in [0.1, 0.15) is 23.4 Å². The lowest BCUT2D eigenvalue weighted by Crippen LogP contribution is -2.16. The van der Waals surface area contributed by atoms with E-state index in [9.17, 15) is 0 Å². The van der Waals surface area contributed by atoms with Gasteiger partial charge in [0.1, 0.15) is 0 Å². The maximum absolute atomic E-state index is 5.89. The zero-order valence-corrected chi connectivity index (χ0v) is 13.0. The second kappa shape index (κ2) is 5.87. The number of halogens is 1. The molecule has 0 aliphatic carbocycles. The minimum Gasteiger partial charge on any atom is -0.369 e. The molecule has 1 aromatic carbocycles. The van der Waals surface area contributed by atoms with Crippen molar-refractivity contribution in [1.82, 2.24) is 0 Å². The molecule has 2 aromatic rings. The van der Waals surface area contributed by atoms with Crippen LogP contribution in [0.15, 0.2) is 40.2 Å². The van der Waals surface area contributed by atoms with E-state index in [4.69, 9.17) is 5.73 Å². The average molecular weight is 325 g/mol. The van der Waals surface area contributed by atoms with Gasteiger partial charge in [-0.3, -0.25) is 0 Å². The third-order valence-electron chi connectivity index (χ3n) is 2.88. The fourth-order valence-electron chi connectivity index (χ4n) is 1.84. The molecular weight excluding hydrogens is 308 g/mol. The smallest absolute Gasteiger partial charge is 0.0519 e. The number of nitrogens with two attached hydrogens (primary N) is 1. The van der Waals surface area contributed by atoms with Crippen molar-refractivity contribution < 1.29 is 0 Å². The predicted octanol–water partition coefficient (Wildman–Crippen LogP) is 4.17. The summed E-state index contributed by atoms with van der Waals surface area (Å²) in [5.41, 5.74) is 8.22. The van der Waals surface area contributed by atoms with Crippen molar-refractivity contribution in [2.45, 2.75) is 19.5 Å². The quantitative estimate of drug-likeness (QED) is 0.914. The van der Waals surface area contributed by atoms with Gasteiger partial charge in [-0.2, -0.15) is 0 Å². The fourth-order valence-corrected chi connectivity index (χ4v) is 3.29. The molecule has 0 saturated heterocycles. The first-order valence-corrected chi connectivity index (χ1v) is 7.53. The molecule has 0 amide bonds. The molecule has 2 rings (SSSR count). The molecule has 2 N–H and O–H groups in total. The fraction of sp³-hybridized carbons (Fsp3) is 0.286. The molecule has 0 saturated carbocycles. The summed E-state index contributed by atoms with van der Waals surface area (Å²) in [6, 6.07) is 10.6. The Morgan fingerprint density at radius 3 is 2.72 bits per heavy atom. The Balaban J connectivity index is 2.17. The first kappa shape index (κ1) is 13.6. The summed E-state index contributed by atoms with van der Waals surface area (Å²) in [6.07, 6.45) is 0. The highest BCUT2D eigenvalue weighted by atomic mass is 79.9. The van der Waals surface area contributed by atoms with Crippen LogP contribution >= 0.6 is 27.3 Å². The molecule has 96 valence electrons. The number of hydrogen-bond donors (Lipinski definition) is 1. The number of hydrogen-bond acceptors (Lipinski definition) is 3. The van der Waals surface area contributed by atoms with Crippen LogP contribution in [0.25, 0.3) is 0 Å². The second-order valence-electron chi connectivity index (χ2n) is 4.43. The number of rotatable bonds is 4. The number of nitrogens with zero attached hydrogens (tertiary/aromatic N) is 1. The van der Waals surface area contributed by atoms with Gasteiger partial charge in [0.25, 0.3) is 0 Å². The van der Waals surface area contributed by atoms with Crippen LogP contribution in [-0.4, -0.2) is 7.05 Å². The third-order valence-corrected chi connectivity index (χ3v) is 4.38. The first-order chi connectivity index (χ1) is 8.58. The lowest BCUT2D eigenvalue weighted by atomic mass is 10.1. The molecule has 0 spiro atoms. The summed E-state index contributed by atoms with van der Waals surface area (Å²) in [4.78, 5) is 3.60. The lowest BCUT2D eigenvalue weighted by molar-refractivity contribution is 0.816. The highest BCUT2D eigenvalue weighted by Crippen LogP contribution is 2.29. The van der Waals surface area contributed by atoms with E-state index in [0.717, 1.165) is 16.6 Å². The van der Waals surface area contributed by atoms with E-state index in [1.165, 1.54) is 10.6 Å². The molecular formula is C14H17BrN2S. The molecule has 0 aliphatic heterocycles. The van der Waals surface area contributed by atoms with Gasteiger partial charge in [-0.15, -0.1) is 11.3 Å². The molecule has 1 atom stereocenters. The summed E-state index contributed by atoms with van der Waals surface area (Å²) in [7, 11) is 2.10. The van der Waals surface area contributed by atoms with Gasteiger partial charge in [0.05, 0.1) is 12.2 Å². The molecule has 0 unspecified atom stereocenters. The van der Waals surface area contributed by atoms with E-state index < -0.39 is 0 Å². The molecule has 1 heterocycles. The highest BCUT2D eigenvalue weighted by Gasteiger charge is 2.09. The number of benzene rings is 1. The Kier molecular flexibility index (Phi) is 4.43. The van der Waals surface area contributed by atoms with E-state index in [-0.39, 0.29) is 6.04 Å². The maximum Gasteiger partial charge on any atom is 0.0519 e. The molecule has 0 bridgehead atoms. The Labute approximate surface area is 121 Å². The van der Waals surface area contributed by atoms with Crippen molar-refractivity contribution in [3.8, 4) is 0 Å². The second-order valence-corrected chi connectivity index (χ2v) is 6.32. The Morgan fingerprint density at radius 1 is 1.39 bits per heavy atom. The molecule has 4 heteroatoms. The highest BCUT2D eigenvalue weighted by molar-refractivity contribution is 9.10. The summed E-state index contributed by atoms with van der Waals surface area (Å²) in [5, 5.41) is 2.11. The van der Waals surface area contributed by atoms with E-state index in [1.54, 1.807) is 11.3 Å². The van der Waals surface area contributed by atoms with Crippen molar-refractivity contribution in [2.75, 3.05) is 11.9 Å². The molecule has 1 aromatic heterocycles. The van der Waals surface area contributed by atoms with Gasteiger partial charge in [-0.05, 0) is 52.0 Å². The van der Waals surface area contributed by atoms with Gasteiger partial charge in [0, 0.05) is 22.4 Å². The van der Waals surface area contributed by atoms with E-state index in [1.807, 2.05) is 6.92 Å². The van der Waals surface area contributed by atoms with E-state index >= 15 is 0 Å². The van der Waals surface area contributed by atoms with Crippen molar-refractivity contribution in [2.24, 2.45) is 5.73 Å². The zero-order chi connectivity index (χ0) is 13.1. The zero-order valence-electron chi connectivity index (χ0n) is 10.6. The van der Waals surface area contributed by atoms with Crippen molar-refractivity contribution >= 4 is 33.0 Å². The summed E-state index contributed by atoms with van der Waals surface area (Å²) >= 11 is 5.41. The van der Waals surface area contributed by atoms with E-state index in [0.29, 0.717) is 0 Å². The van der Waals surface area contributed by atoms with Gasteiger partial charge in [-0.1, -0.05) is 12.1 Å².